The lowest BCUT2D eigenvalue weighted by atomic mass is 9.79. The van der Waals surface area contributed by atoms with Crippen LogP contribution in [0.3, 0.4) is 0 Å². The number of ether oxygens (including phenoxy) is 1. The molecule has 1 aromatic heterocycles. The van der Waals surface area contributed by atoms with Crippen LogP contribution in [0.1, 0.15) is 36.5 Å². The molecular formula is C20H26N2O3. The number of nitrogens with one attached hydrogen (secondary N) is 1. The van der Waals surface area contributed by atoms with E-state index in [1.165, 1.54) is 0 Å². The predicted molar refractivity (Wildman–Crippen MR) is 98.0 cm³/mol. The Morgan fingerprint density at radius 1 is 1.44 bits per heavy atom. The molecule has 1 aromatic carbocycles. The van der Waals surface area contributed by atoms with Gasteiger partial charge in [0.1, 0.15) is 5.75 Å². The van der Waals surface area contributed by atoms with E-state index in [2.05, 4.69) is 10.3 Å². The number of ketones is 1. The molecule has 0 bridgehead atoms. The van der Waals surface area contributed by atoms with Crippen molar-refractivity contribution in [3.63, 3.8) is 0 Å². The van der Waals surface area contributed by atoms with Gasteiger partial charge in [0, 0.05) is 30.1 Å². The molecular weight excluding hydrogens is 316 g/mol. The van der Waals surface area contributed by atoms with E-state index < -0.39 is 0 Å². The first-order valence-corrected chi connectivity index (χ1v) is 8.95. The average molecular weight is 342 g/mol. The van der Waals surface area contributed by atoms with Crippen molar-refractivity contribution in [2.24, 2.45) is 11.8 Å². The van der Waals surface area contributed by atoms with Crippen LogP contribution in [0.5, 0.6) is 5.75 Å². The Balaban J connectivity index is 1.76. The van der Waals surface area contributed by atoms with E-state index in [1.807, 2.05) is 25.1 Å². The van der Waals surface area contributed by atoms with Crippen molar-refractivity contribution in [2.45, 2.75) is 32.3 Å². The number of methoxy groups -OCH3 is 1. The fourth-order valence-electron chi connectivity index (χ4n) is 3.81. The lowest BCUT2D eigenvalue weighted by Gasteiger charge is -2.34. The minimum Gasteiger partial charge on any atom is -0.497 e. The number of aliphatic hydroxyl groups excluding tert-OH is 1. The third-order valence-corrected chi connectivity index (χ3v) is 5.29. The Morgan fingerprint density at radius 3 is 3.04 bits per heavy atom. The highest BCUT2D eigenvalue weighted by Crippen LogP contribution is 2.29. The van der Waals surface area contributed by atoms with Gasteiger partial charge in [-0.25, -0.2) is 0 Å². The summed E-state index contributed by atoms with van der Waals surface area (Å²) in [5.74, 6) is 1.45. The first-order valence-electron chi connectivity index (χ1n) is 8.95. The standard InChI is InChI=1S/C20H26N2O3/c1-13(23)18-12-21-9-7-14(18)3-6-20(24)16-8-10-22-19-5-4-15(25-2)11-17(16)19/h4-5,8,10-11,13-14,18,21,23H,3,6-7,9,12H2,1-2H3/t13?,14-,18-/m1/s1. The number of hydrogen-bond acceptors (Lipinski definition) is 5. The topological polar surface area (TPSA) is 71.5 Å². The van der Waals surface area contributed by atoms with Crippen LogP contribution in [0.2, 0.25) is 0 Å². The Bertz CT molecular complexity index is 745. The van der Waals surface area contributed by atoms with Crippen molar-refractivity contribution < 1.29 is 14.6 Å². The zero-order chi connectivity index (χ0) is 17.8. The average Bonchev–Trinajstić information content (AvgIpc) is 2.65. The van der Waals surface area contributed by atoms with Crippen molar-refractivity contribution in [3.8, 4) is 5.75 Å². The highest BCUT2D eigenvalue weighted by atomic mass is 16.5. The molecule has 2 aromatic rings. The van der Waals surface area contributed by atoms with Gasteiger partial charge in [0.15, 0.2) is 5.78 Å². The maximum atomic E-state index is 12.8. The van der Waals surface area contributed by atoms with Gasteiger partial charge in [-0.05, 0) is 62.4 Å². The summed E-state index contributed by atoms with van der Waals surface area (Å²) in [6.07, 6.45) is 3.64. The van der Waals surface area contributed by atoms with Gasteiger partial charge in [0.2, 0.25) is 0 Å². The molecule has 0 amide bonds. The summed E-state index contributed by atoms with van der Waals surface area (Å²) in [5.41, 5.74) is 1.50. The largest absolute Gasteiger partial charge is 0.497 e. The van der Waals surface area contributed by atoms with Crippen LogP contribution in [-0.4, -0.2) is 42.2 Å². The van der Waals surface area contributed by atoms with E-state index in [9.17, 15) is 9.90 Å². The number of benzene rings is 1. The van der Waals surface area contributed by atoms with Crippen molar-refractivity contribution in [1.29, 1.82) is 0 Å². The zero-order valence-corrected chi connectivity index (χ0v) is 14.9. The minimum absolute atomic E-state index is 0.128. The van der Waals surface area contributed by atoms with Crippen molar-refractivity contribution in [1.82, 2.24) is 10.3 Å². The second kappa shape index (κ2) is 7.93. The molecule has 3 atom stereocenters. The molecule has 1 fully saturated rings. The third kappa shape index (κ3) is 3.99. The number of nitrogens with zero attached hydrogens (tertiary/aromatic N) is 1. The van der Waals surface area contributed by atoms with Crippen LogP contribution < -0.4 is 10.1 Å². The second-order valence-corrected chi connectivity index (χ2v) is 6.86. The molecule has 1 saturated heterocycles. The number of aliphatic hydroxyl groups is 1. The summed E-state index contributed by atoms with van der Waals surface area (Å²) >= 11 is 0. The molecule has 0 saturated carbocycles. The van der Waals surface area contributed by atoms with E-state index in [0.29, 0.717) is 17.9 Å². The van der Waals surface area contributed by atoms with E-state index in [1.54, 1.807) is 19.4 Å². The van der Waals surface area contributed by atoms with Crippen LogP contribution in [0.15, 0.2) is 30.5 Å². The van der Waals surface area contributed by atoms with E-state index in [4.69, 9.17) is 4.74 Å². The molecule has 5 heteroatoms. The Morgan fingerprint density at radius 2 is 2.28 bits per heavy atom. The van der Waals surface area contributed by atoms with Gasteiger partial charge < -0.3 is 15.2 Å². The minimum atomic E-state index is -0.348. The summed E-state index contributed by atoms with van der Waals surface area (Å²) < 4.78 is 5.28. The number of Topliss-reactive ketones (excluding diaryl/α,β-unsaturated/α-hetero) is 1. The third-order valence-electron chi connectivity index (χ3n) is 5.29. The molecule has 134 valence electrons. The SMILES string of the molecule is COc1ccc2nccc(C(=O)CC[C@@H]3CCNC[C@@H]3C(C)O)c2c1. The predicted octanol–water partition coefficient (Wildman–Crippen LogP) is 2.81. The van der Waals surface area contributed by atoms with Gasteiger partial charge in [-0.1, -0.05) is 0 Å². The normalized spacial score (nSPS) is 21.9. The first-order chi connectivity index (χ1) is 12.1. The van der Waals surface area contributed by atoms with Gasteiger partial charge in [-0.2, -0.15) is 0 Å². The zero-order valence-electron chi connectivity index (χ0n) is 14.9. The van der Waals surface area contributed by atoms with E-state index in [0.717, 1.165) is 42.6 Å². The maximum absolute atomic E-state index is 12.8. The Kier molecular flexibility index (Phi) is 5.66. The van der Waals surface area contributed by atoms with Gasteiger partial charge in [0.25, 0.3) is 0 Å². The molecule has 0 spiro atoms. The quantitative estimate of drug-likeness (QED) is 0.790. The van der Waals surface area contributed by atoms with Crippen molar-refractivity contribution >= 4 is 16.7 Å². The van der Waals surface area contributed by atoms with Gasteiger partial charge in [-0.15, -0.1) is 0 Å². The smallest absolute Gasteiger partial charge is 0.163 e. The monoisotopic (exact) mass is 342 g/mol. The second-order valence-electron chi connectivity index (χ2n) is 6.86. The van der Waals surface area contributed by atoms with Crippen LogP contribution in [0.25, 0.3) is 10.9 Å². The van der Waals surface area contributed by atoms with Gasteiger partial charge in [-0.3, -0.25) is 9.78 Å². The van der Waals surface area contributed by atoms with Crippen LogP contribution in [0.4, 0.5) is 0 Å². The van der Waals surface area contributed by atoms with Crippen LogP contribution >= 0.6 is 0 Å². The fourth-order valence-corrected chi connectivity index (χ4v) is 3.81. The molecule has 1 aliphatic rings. The molecule has 2 heterocycles. The number of piperidine rings is 1. The molecule has 3 rings (SSSR count). The van der Waals surface area contributed by atoms with Crippen molar-refractivity contribution in [3.05, 3.63) is 36.0 Å². The molecule has 0 aliphatic carbocycles. The maximum Gasteiger partial charge on any atom is 0.163 e. The molecule has 2 N–H and O–H groups in total. The summed E-state index contributed by atoms with van der Waals surface area (Å²) in [6.45, 7) is 3.62. The number of hydrogen-bond donors (Lipinski definition) is 2. The Labute approximate surface area is 148 Å². The lowest BCUT2D eigenvalue weighted by Crippen LogP contribution is -2.42. The van der Waals surface area contributed by atoms with E-state index >= 15 is 0 Å². The highest BCUT2D eigenvalue weighted by molar-refractivity contribution is 6.07. The molecule has 1 aliphatic heterocycles. The van der Waals surface area contributed by atoms with Crippen molar-refractivity contribution in [2.75, 3.05) is 20.2 Å². The summed E-state index contributed by atoms with van der Waals surface area (Å²) in [4.78, 5) is 17.2. The molecule has 5 nitrogen and oxygen atoms in total. The lowest BCUT2D eigenvalue weighted by molar-refractivity contribution is 0.0637. The molecule has 25 heavy (non-hydrogen) atoms. The number of aromatic nitrogens is 1. The summed E-state index contributed by atoms with van der Waals surface area (Å²) in [5, 5.41) is 14.2. The number of carbonyl (C=O) groups excluding carboxylic acids is 1. The number of carbonyl (C=O) groups is 1. The fraction of sp³-hybridized carbons (Fsp3) is 0.500. The summed E-state index contributed by atoms with van der Waals surface area (Å²) in [6, 6.07) is 7.39. The Hall–Kier alpha value is -1.98. The molecule has 0 radical (unpaired) electrons. The number of pyridine rings is 1. The first kappa shape index (κ1) is 17.8. The summed E-state index contributed by atoms with van der Waals surface area (Å²) in [7, 11) is 1.62. The van der Waals surface area contributed by atoms with Gasteiger partial charge >= 0.3 is 0 Å². The highest BCUT2D eigenvalue weighted by Gasteiger charge is 2.29. The van der Waals surface area contributed by atoms with Crippen LogP contribution in [-0.2, 0) is 0 Å². The van der Waals surface area contributed by atoms with Crippen LogP contribution in [0, 0.1) is 11.8 Å². The number of rotatable bonds is 6. The van der Waals surface area contributed by atoms with Gasteiger partial charge in [0.05, 0.1) is 18.7 Å². The molecule has 1 unspecified atom stereocenters. The van der Waals surface area contributed by atoms with E-state index in [-0.39, 0.29) is 17.8 Å². The number of fused-ring (bicyclic) bond motifs is 1.